The first-order chi connectivity index (χ1) is 12.0. The summed E-state index contributed by atoms with van der Waals surface area (Å²) in [5.74, 6) is 0.493. The quantitative estimate of drug-likeness (QED) is 0.461. The molecule has 0 aliphatic carbocycles. The molecule has 1 aromatic rings. The molecule has 0 radical (unpaired) electrons. The molecule has 0 bridgehead atoms. The Morgan fingerprint density at radius 3 is 2.72 bits per heavy atom. The second-order valence-electron chi connectivity index (χ2n) is 6.60. The lowest BCUT2D eigenvalue weighted by atomic mass is 10.0. The average molecular weight is 367 g/mol. The Bertz CT molecular complexity index is 589. The van der Waals surface area contributed by atoms with Gasteiger partial charge in [0.25, 0.3) is 0 Å². The van der Waals surface area contributed by atoms with Crippen molar-refractivity contribution in [1.29, 1.82) is 0 Å². The van der Waals surface area contributed by atoms with E-state index in [-0.39, 0.29) is 5.82 Å². The van der Waals surface area contributed by atoms with E-state index in [4.69, 9.17) is 11.6 Å². The van der Waals surface area contributed by atoms with E-state index in [1.807, 2.05) is 0 Å². The molecule has 0 atom stereocenters. The molecule has 2 N–H and O–H groups in total. The maximum absolute atomic E-state index is 13.8. The van der Waals surface area contributed by atoms with E-state index in [2.05, 4.69) is 34.0 Å². The molecule has 0 aromatic heterocycles. The van der Waals surface area contributed by atoms with Gasteiger partial charge in [0.15, 0.2) is 5.96 Å². The number of nitrogens with one attached hydrogen (secondary N) is 2. The molecule has 0 saturated carbocycles. The van der Waals surface area contributed by atoms with Crippen molar-refractivity contribution in [2.75, 3.05) is 33.2 Å². The summed E-state index contributed by atoms with van der Waals surface area (Å²) in [6.07, 6.45) is 2.67. The summed E-state index contributed by atoms with van der Waals surface area (Å²) in [6.45, 7) is 9.72. The van der Waals surface area contributed by atoms with E-state index in [1.54, 1.807) is 19.2 Å². The number of rotatable bonds is 6. The van der Waals surface area contributed by atoms with Crippen molar-refractivity contribution in [2.45, 2.75) is 32.2 Å². The van der Waals surface area contributed by atoms with Gasteiger partial charge in [-0.15, -0.1) is 0 Å². The van der Waals surface area contributed by atoms with E-state index in [0.29, 0.717) is 29.6 Å². The Balaban J connectivity index is 1.75. The number of piperidine rings is 1. The summed E-state index contributed by atoms with van der Waals surface area (Å²) < 4.78 is 13.8. The predicted molar refractivity (Wildman–Crippen MR) is 104 cm³/mol. The van der Waals surface area contributed by atoms with Crippen LogP contribution in [0.25, 0.3) is 0 Å². The molecule has 2 rings (SSSR count). The second-order valence-corrected chi connectivity index (χ2v) is 7.01. The van der Waals surface area contributed by atoms with E-state index in [0.717, 1.165) is 38.4 Å². The summed E-state index contributed by atoms with van der Waals surface area (Å²) in [5, 5.41) is 7.17. The van der Waals surface area contributed by atoms with E-state index < -0.39 is 0 Å². The lowest BCUT2D eigenvalue weighted by Crippen LogP contribution is -2.49. The van der Waals surface area contributed by atoms with Crippen LogP contribution < -0.4 is 10.6 Å². The molecule has 25 heavy (non-hydrogen) atoms. The molecule has 1 aliphatic heterocycles. The largest absolute Gasteiger partial charge is 0.356 e. The Labute approximate surface area is 155 Å². The van der Waals surface area contributed by atoms with Gasteiger partial charge in [0, 0.05) is 49.9 Å². The lowest BCUT2D eigenvalue weighted by Gasteiger charge is -2.33. The molecule has 0 spiro atoms. The van der Waals surface area contributed by atoms with Crippen LogP contribution in [0.3, 0.4) is 0 Å². The molecule has 1 heterocycles. The molecular weight excluding hydrogens is 339 g/mol. The Hall–Kier alpha value is -1.59. The van der Waals surface area contributed by atoms with E-state index in [1.165, 1.54) is 11.6 Å². The fourth-order valence-corrected chi connectivity index (χ4v) is 3.34. The lowest BCUT2D eigenvalue weighted by molar-refractivity contribution is 0.221. The highest BCUT2D eigenvalue weighted by Crippen LogP contribution is 2.19. The predicted octanol–water partition coefficient (Wildman–Crippen LogP) is 3.23. The molecule has 1 aromatic carbocycles. The van der Waals surface area contributed by atoms with Crippen molar-refractivity contribution in [2.24, 2.45) is 4.99 Å². The maximum Gasteiger partial charge on any atom is 0.191 e. The van der Waals surface area contributed by atoms with Gasteiger partial charge in [-0.05, 0) is 38.3 Å². The Kier molecular flexibility index (Phi) is 7.72. The summed E-state index contributed by atoms with van der Waals surface area (Å²) in [6, 6.07) is 5.18. The normalized spacial score (nSPS) is 16.7. The van der Waals surface area contributed by atoms with Crippen molar-refractivity contribution in [3.05, 3.63) is 46.8 Å². The van der Waals surface area contributed by atoms with Crippen LogP contribution in [0.15, 0.2) is 35.3 Å². The van der Waals surface area contributed by atoms with Crippen molar-refractivity contribution in [3.8, 4) is 0 Å². The first kappa shape index (κ1) is 19.7. The molecule has 0 unspecified atom stereocenters. The SMILES string of the molecule is C=C(C)CN1CCC(NC(=NC)NCCc2c(F)cccc2Cl)CC1. The highest BCUT2D eigenvalue weighted by atomic mass is 35.5. The van der Waals surface area contributed by atoms with Crippen LogP contribution in [-0.4, -0.2) is 50.1 Å². The van der Waals surface area contributed by atoms with Gasteiger partial charge in [-0.3, -0.25) is 9.89 Å². The average Bonchev–Trinajstić information content (AvgIpc) is 2.57. The number of guanidine groups is 1. The van der Waals surface area contributed by atoms with Gasteiger partial charge in [-0.2, -0.15) is 0 Å². The smallest absolute Gasteiger partial charge is 0.191 e. The minimum atomic E-state index is -0.262. The third-order valence-electron chi connectivity index (χ3n) is 4.37. The third kappa shape index (κ3) is 6.33. The van der Waals surface area contributed by atoms with Crippen LogP contribution in [0.5, 0.6) is 0 Å². The first-order valence-corrected chi connectivity index (χ1v) is 9.14. The maximum atomic E-state index is 13.8. The third-order valence-corrected chi connectivity index (χ3v) is 4.73. The van der Waals surface area contributed by atoms with Crippen LogP contribution in [0.1, 0.15) is 25.3 Å². The number of hydrogen-bond donors (Lipinski definition) is 2. The zero-order valence-electron chi connectivity index (χ0n) is 15.1. The zero-order chi connectivity index (χ0) is 18.2. The number of halogens is 2. The van der Waals surface area contributed by atoms with Gasteiger partial charge in [-0.1, -0.05) is 29.8 Å². The number of hydrogen-bond acceptors (Lipinski definition) is 2. The van der Waals surface area contributed by atoms with Crippen LogP contribution in [0.2, 0.25) is 5.02 Å². The van der Waals surface area contributed by atoms with Gasteiger partial charge in [0.2, 0.25) is 0 Å². The standard InChI is InChI=1S/C19H28ClFN4/c1-14(2)13-25-11-8-15(9-12-25)24-19(22-3)23-10-7-16-17(20)5-4-6-18(16)21/h4-6,15H,1,7-13H2,2-3H3,(H2,22,23,24). The highest BCUT2D eigenvalue weighted by molar-refractivity contribution is 6.31. The molecule has 138 valence electrons. The molecule has 0 amide bonds. The van der Waals surface area contributed by atoms with E-state index in [9.17, 15) is 4.39 Å². The monoisotopic (exact) mass is 366 g/mol. The van der Waals surface area contributed by atoms with Crippen molar-refractivity contribution in [1.82, 2.24) is 15.5 Å². The minimum absolute atomic E-state index is 0.262. The topological polar surface area (TPSA) is 39.7 Å². The molecule has 1 fully saturated rings. The zero-order valence-corrected chi connectivity index (χ0v) is 15.9. The highest BCUT2D eigenvalue weighted by Gasteiger charge is 2.19. The summed E-state index contributed by atoms with van der Waals surface area (Å²) in [5.41, 5.74) is 1.75. The van der Waals surface area contributed by atoms with E-state index >= 15 is 0 Å². The van der Waals surface area contributed by atoms with Crippen molar-refractivity contribution < 1.29 is 4.39 Å². The van der Waals surface area contributed by atoms with Gasteiger partial charge in [0.05, 0.1) is 0 Å². The molecule has 6 heteroatoms. The Morgan fingerprint density at radius 2 is 2.12 bits per heavy atom. The fourth-order valence-electron chi connectivity index (χ4n) is 3.08. The first-order valence-electron chi connectivity index (χ1n) is 8.76. The summed E-state index contributed by atoms with van der Waals surface area (Å²) in [7, 11) is 1.75. The van der Waals surface area contributed by atoms with Gasteiger partial charge in [0.1, 0.15) is 5.82 Å². The Morgan fingerprint density at radius 1 is 1.40 bits per heavy atom. The van der Waals surface area contributed by atoms with Gasteiger partial charge >= 0.3 is 0 Å². The van der Waals surface area contributed by atoms with Crippen LogP contribution in [0.4, 0.5) is 4.39 Å². The number of likely N-dealkylation sites (tertiary alicyclic amines) is 1. The molecule has 1 saturated heterocycles. The number of aliphatic imine (C=N–C) groups is 1. The summed E-state index contributed by atoms with van der Waals surface area (Å²) in [4.78, 5) is 6.69. The van der Waals surface area contributed by atoms with Gasteiger partial charge in [-0.25, -0.2) is 4.39 Å². The van der Waals surface area contributed by atoms with Crippen LogP contribution in [-0.2, 0) is 6.42 Å². The second kappa shape index (κ2) is 9.78. The number of nitrogens with zero attached hydrogens (tertiary/aromatic N) is 2. The van der Waals surface area contributed by atoms with Crippen molar-refractivity contribution >= 4 is 17.6 Å². The summed E-state index contributed by atoms with van der Waals surface area (Å²) >= 11 is 6.06. The van der Waals surface area contributed by atoms with Crippen LogP contribution >= 0.6 is 11.6 Å². The number of benzene rings is 1. The fraction of sp³-hybridized carbons (Fsp3) is 0.526. The molecular formula is C19H28ClFN4. The van der Waals surface area contributed by atoms with Gasteiger partial charge < -0.3 is 10.6 Å². The molecule has 4 nitrogen and oxygen atoms in total. The van der Waals surface area contributed by atoms with Crippen molar-refractivity contribution in [3.63, 3.8) is 0 Å². The minimum Gasteiger partial charge on any atom is -0.356 e. The van der Waals surface area contributed by atoms with Crippen LogP contribution in [0, 0.1) is 5.82 Å². The molecule has 1 aliphatic rings.